The summed E-state index contributed by atoms with van der Waals surface area (Å²) in [5.41, 5.74) is 1.32. The van der Waals surface area contributed by atoms with E-state index >= 15 is 0 Å². The monoisotopic (exact) mass is 301 g/mol. The molecule has 1 heterocycles. The van der Waals surface area contributed by atoms with E-state index in [9.17, 15) is 0 Å². The second kappa shape index (κ2) is 7.17. The molecule has 1 aromatic heterocycles. The van der Waals surface area contributed by atoms with E-state index in [0.717, 1.165) is 24.1 Å². The number of nitrogens with one attached hydrogen (secondary N) is 1. The average molecular weight is 302 g/mol. The van der Waals surface area contributed by atoms with Crippen molar-refractivity contribution in [1.82, 2.24) is 15.1 Å². The van der Waals surface area contributed by atoms with Crippen molar-refractivity contribution in [2.75, 3.05) is 13.1 Å². The van der Waals surface area contributed by atoms with Crippen molar-refractivity contribution < 1.29 is 0 Å². The lowest BCUT2D eigenvalue weighted by Crippen LogP contribution is -2.26. The zero-order valence-electron chi connectivity index (χ0n) is 11.3. The minimum Gasteiger partial charge on any atom is -0.316 e. The first kappa shape index (κ1) is 14.7. The molecule has 1 N–H and O–H groups in total. The van der Waals surface area contributed by atoms with Crippen LogP contribution in [0.25, 0.3) is 0 Å². The second-order valence-electron chi connectivity index (χ2n) is 4.66. The van der Waals surface area contributed by atoms with Gasteiger partial charge in [0.25, 0.3) is 0 Å². The van der Waals surface area contributed by atoms with Crippen LogP contribution in [0.5, 0.6) is 0 Å². The summed E-state index contributed by atoms with van der Waals surface area (Å²) in [7, 11) is 0. The number of nitrogens with zero attached hydrogens (tertiary/aromatic N) is 2. The zero-order chi connectivity index (χ0) is 12.8. The van der Waals surface area contributed by atoms with Crippen LogP contribution in [0.4, 0.5) is 0 Å². The van der Waals surface area contributed by atoms with Gasteiger partial charge in [0.05, 0.1) is 16.4 Å². The van der Waals surface area contributed by atoms with Gasteiger partial charge in [0.2, 0.25) is 0 Å². The van der Waals surface area contributed by atoms with Gasteiger partial charge in [0.15, 0.2) is 0 Å². The van der Waals surface area contributed by atoms with Gasteiger partial charge in [-0.25, -0.2) is 0 Å². The first-order valence-corrected chi connectivity index (χ1v) is 7.32. The lowest BCUT2D eigenvalue weighted by atomic mass is 9.92. The highest BCUT2D eigenvalue weighted by Crippen LogP contribution is 2.29. The highest BCUT2D eigenvalue weighted by atomic mass is 79.9. The van der Waals surface area contributed by atoms with Crippen LogP contribution in [0, 0.1) is 5.92 Å². The summed E-state index contributed by atoms with van der Waals surface area (Å²) in [5.74, 6) is 1.12. The Hall–Kier alpha value is -0.350. The first-order valence-electron chi connectivity index (χ1n) is 6.53. The topological polar surface area (TPSA) is 29.9 Å². The maximum atomic E-state index is 4.38. The Morgan fingerprint density at radius 1 is 1.41 bits per heavy atom. The molecule has 0 amide bonds. The fourth-order valence-electron chi connectivity index (χ4n) is 2.03. The minimum absolute atomic E-state index is 0.510. The Bertz CT molecular complexity index is 335. The number of hydrogen-bond acceptors (Lipinski definition) is 2. The van der Waals surface area contributed by atoms with Crippen molar-refractivity contribution in [2.45, 2.75) is 46.6 Å². The molecule has 1 rings (SSSR count). The van der Waals surface area contributed by atoms with Gasteiger partial charge in [-0.2, -0.15) is 5.10 Å². The SMILES string of the molecule is CCCNCC(C)C(C)c1c(Br)cnn1CC. The van der Waals surface area contributed by atoms with E-state index in [1.807, 2.05) is 6.20 Å². The molecule has 0 aliphatic rings. The molecule has 0 spiro atoms. The number of rotatable bonds is 7. The molecule has 98 valence electrons. The van der Waals surface area contributed by atoms with E-state index in [-0.39, 0.29) is 0 Å². The van der Waals surface area contributed by atoms with Crippen molar-refractivity contribution in [3.05, 3.63) is 16.4 Å². The predicted octanol–water partition coefficient (Wildman–Crippen LogP) is 3.40. The maximum absolute atomic E-state index is 4.38. The standard InChI is InChI=1S/C13H24BrN3/c1-5-7-15-8-10(3)11(4)13-12(14)9-16-17(13)6-2/h9-11,15H,5-8H2,1-4H3. The average Bonchev–Trinajstić information content (AvgIpc) is 2.69. The van der Waals surface area contributed by atoms with Crippen molar-refractivity contribution in [3.8, 4) is 0 Å². The van der Waals surface area contributed by atoms with E-state index in [2.05, 4.69) is 58.7 Å². The third-order valence-corrected chi connectivity index (χ3v) is 3.92. The van der Waals surface area contributed by atoms with E-state index in [1.165, 1.54) is 12.1 Å². The van der Waals surface area contributed by atoms with Crippen LogP contribution in [-0.4, -0.2) is 22.9 Å². The largest absolute Gasteiger partial charge is 0.316 e. The summed E-state index contributed by atoms with van der Waals surface area (Å²) in [6.45, 7) is 12.0. The fourth-order valence-corrected chi connectivity index (χ4v) is 2.69. The molecule has 0 fully saturated rings. The number of halogens is 1. The lowest BCUT2D eigenvalue weighted by molar-refractivity contribution is 0.422. The van der Waals surface area contributed by atoms with Crippen LogP contribution in [0.3, 0.4) is 0 Å². The van der Waals surface area contributed by atoms with Crippen LogP contribution in [0.1, 0.15) is 45.7 Å². The molecule has 4 heteroatoms. The Kier molecular flexibility index (Phi) is 6.20. The van der Waals surface area contributed by atoms with Gasteiger partial charge in [-0.15, -0.1) is 0 Å². The summed E-state index contributed by atoms with van der Waals surface area (Å²) in [4.78, 5) is 0. The van der Waals surface area contributed by atoms with Gasteiger partial charge in [-0.1, -0.05) is 20.8 Å². The minimum atomic E-state index is 0.510. The predicted molar refractivity (Wildman–Crippen MR) is 76.3 cm³/mol. The van der Waals surface area contributed by atoms with Crippen LogP contribution in [-0.2, 0) is 6.54 Å². The molecule has 3 nitrogen and oxygen atoms in total. The van der Waals surface area contributed by atoms with Gasteiger partial charge in [0, 0.05) is 12.5 Å². The molecule has 0 saturated heterocycles. The second-order valence-corrected chi connectivity index (χ2v) is 5.52. The third-order valence-electron chi connectivity index (χ3n) is 3.31. The highest BCUT2D eigenvalue weighted by Gasteiger charge is 2.20. The Morgan fingerprint density at radius 3 is 2.71 bits per heavy atom. The zero-order valence-corrected chi connectivity index (χ0v) is 12.9. The molecule has 0 saturated carbocycles. The Labute approximate surface area is 113 Å². The molecule has 17 heavy (non-hydrogen) atoms. The molecule has 0 aromatic carbocycles. The van der Waals surface area contributed by atoms with E-state index in [0.29, 0.717) is 11.8 Å². The van der Waals surface area contributed by atoms with Gasteiger partial charge >= 0.3 is 0 Å². The maximum Gasteiger partial charge on any atom is 0.0635 e. The number of aromatic nitrogens is 2. The van der Waals surface area contributed by atoms with Crippen molar-refractivity contribution >= 4 is 15.9 Å². The number of aryl methyl sites for hydroxylation is 1. The van der Waals surface area contributed by atoms with E-state index < -0.39 is 0 Å². The Morgan fingerprint density at radius 2 is 2.12 bits per heavy atom. The fraction of sp³-hybridized carbons (Fsp3) is 0.769. The number of hydrogen-bond donors (Lipinski definition) is 1. The smallest absolute Gasteiger partial charge is 0.0635 e. The van der Waals surface area contributed by atoms with Crippen LogP contribution < -0.4 is 5.32 Å². The summed E-state index contributed by atoms with van der Waals surface area (Å²) >= 11 is 3.60. The molecule has 2 atom stereocenters. The quantitative estimate of drug-likeness (QED) is 0.782. The van der Waals surface area contributed by atoms with Gasteiger partial charge in [0.1, 0.15) is 0 Å². The normalized spacial score (nSPS) is 14.9. The molecule has 0 radical (unpaired) electrons. The summed E-state index contributed by atoms with van der Waals surface area (Å²) in [6.07, 6.45) is 3.10. The third kappa shape index (κ3) is 3.81. The van der Waals surface area contributed by atoms with Crippen LogP contribution >= 0.6 is 15.9 Å². The van der Waals surface area contributed by atoms with Gasteiger partial charge in [-0.3, -0.25) is 4.68 Å². The van der Waals surface area contributed by atoms with Gasteiger partial charge in [-0.05, 0) is 48.3 Å². The summed E-state index contributed by atoms with van der Waals surface area (Å²) in [5, 5.41) is 7.87. The van der Waals surface area contributed by atoms with Crippen molar-refractivity contribution in [2.24, 2.45) is 5.92 Å². The molecule has 2 unspecified atom stereocenters. The highest BCUT2D eigenvalue weighted by molar-refractivity contribution is 9.10. The van der Waals surface area contributed by atoms with E-state index in [1.54, 1.807) is 0 Å². The summed E-state index contributed by atoms with van der Waals surface area (Å²) in [6, 6.07) is 0. The van der Waals surface area contributed by atoms with Crippen molar-refractivity contribution in [3.63, 3.8) is 0 Å². The Balaban J connectivity index is 2.67. The van der Waals surface area contributed by atoms with Crippen LogP contribution in [0.15, 0.2) is 10.7 Å². The summed E-state index contributed by atoms with van der Waals surface area (Å²) < 4.78 is 3.22. The molecular weight excluding hydrogens is 278 g/mol. The van der Waals surface area contributed by atoms with E-state index in [4.69, 9.17) is 0 Å². The molecule has 0 aliphatic heterocycles. The van der Waals surface area contributed by atoms with Crippen molar-refractivity contribution in [1.29, 1.82) is 0 Å². The molecular formula is C13H24BrN3. The van der Waals surface area contributed by atoms with Gasteiger partial charge < -0.3 is 5.32 Å². The van der Waals surface area contributed by atoms with Crippen LogP contribution in [0.2, 0.25) is 0 Å². The first-order chi connectivity index (χ1) is 8.11. The lowest BCUT2D eigenvalue weighted by Gasteiger charge is -2.22. The molecule has 0 bridgehead atoms. The molecule has 0 aliphatic carbocycles. The molecule has 1 aromatic rings.